The van der Waals surface area contributed by atoms with Crippen molar-refractivity contribution in [3.8, 4) is 0 Å². The summed E-state index contributed by atoms with van der Waals surface area (Å²) in [6.07, 6.45) is 7.06. The van der Waals surface area contributed by atoms with E-state index in [0.29, 0.717) is 0 Å². The lowest BCUT2D eigenvalue weighted by atomic mass is 10.5. The Morgan fingerprint density at radius 3 is 2.70 bits per heavy atom. The van der Waals surface area contributed by atoms with Gasteiger partial charge in [0, 0.05) is 6.21 Å². The van der Waals surface area contributed by atoms with Crippen molar-refractivity contribution in [2.24, 2.45) is 4.99 Å². The van der Waals surface area contributed by atoms with Crippen LogP contribution in [-0.4, -0.2) is 12.5 Å². The van der Waals surface area contributed by atoms with Crippen molar-refractivity contribution >= 4 is 27.8 Å². The Morgan fingerprint density at radius 2 is 2.30 bits per heavy atom. The molecule has 0 atom stereocenters. The van der Waals surface area contributed by atoms with Gasteiger partial charge in [0.25, 0.3) is 0 Å². The van der Waals surface area contributed by atoms with Crippen LogP contribution in [0.2, 0.25) is 0 Å². The van der Waals surface area contributed by atoms with Crippen molar-refractivity contribution in [3.05, 3.63) is 11.1 Å². The summed E-state index contributed by atoms with van der Waals surface area (Å²) < 4.78 is 0. The average Bonchev–Trinajstić information content (AvgIpc) is 1.90. The molecule has 58 valence electrons. The quantitative estimate of drug-likeness (QED) is 0.480. The van der Waals surface area contributed by atoms with E-state index in [1.165, 1.54) is 0 Å². The Kier molecular flexibility index (Phi) is 7.30. The summed E-state index contributed by atoms with van der Waals surface area (Å²) >= 11 is 0. The first kappa shape index (κ1) is 10.1. The van der Waals surface area contributed by atoms with Gasteiger partial charge in [-0.05, 0) is 30.4 Å². The smallest absolute Gasteiger partial charge is 0.102 e. The van der Waals surface area contributed by atoms with Gasteiger partial charge in [-0.1, -0.05) is 23.8 Å². The summed E-state index contributed by atoms with van der Waals surface area (Å²) in [5.41, 5.74) is 0. The van der Waals surface area contributed by atoms with E-state index in [4.69, 9.17) is 0 Å². The maximum absolute atomic E-state index is 4.18. The van der Waals surface area contributed by atoms with Crippen molar-refractivity contribution in [1.29, 1.82) is 0 Å². The molecule has 0 saturated heterocycles. The predicted molar refractivity (Wildman–Crippen MR) is 53.6 cm³/mol. The molecule has 0 aromatic rings. The van der Waals surface area contributed by atoms with Crippen LogP contribution in [0.4, 0.5) is 0 Å². The lowest BCUT2D eigenvalue weighted by Gasteiger charge is -1.94. The molecule has 0 aliphatic heterocycles. The molecule has 0 heterocycles. The van der Waals surface area contributed by atoms with Gasteiger partial charge in [-0.3, -0.25) is 4.99 Å². The molecule has 10 heavy (non-hydrogen) atoms. The summed E-state index contributed by atoms with van der Waals surface area (Å²) in [7, 11) is 3.43. The van der Waals surface area contributed by atoms with Crippen LogP contribution in [0.1, 0.15) is 20.3 Å². The summed E-state index contributed by atoms with van der Waals surface area (Å²) in [6, 6.07) is 0. The van der Waals surface area contributed by atoms with E-state index in [1.54, 1.807) is 21.6 Å². The van der Waals surface area contributed by atoms with Crippen LogP contribution >= 0.6 is 21.6 Å². The van der Waals surface area contributed by atoms with E-state index < -0.39 is 0 Å². The van der Waals surface area contributed by atoms with Crippen LogP contribution < -0.4 is 0 Å². The Bertz CT molecular complexity index is 130. The Morgan fingerprint density at radius 1 is 1.60 bits per heavy atom. The van der Waals surface area contributed by atoms with Crippen molar-refractivity contribution < 1.29 is 0 Å². The Balaban J connectivity index is 3.84. The molecular weight excluding hydrogens is 162 g/mol. The standard InChI is InChI=1S/C7H13NS2/c1-4-6-7(8-5-2)10-9-3/h5-6H,4H2,1-3H3/b7-6+,8-5-. The number of rotatable bonds is 4. The maximum Gasteiger partial charge on any atom is 0.102 e. The molecule has 0 aliphatic rings. The van der Waals surface area contributed by atoms with Gasteiger partial charge in [-0.2, -0.15) is 0 Å². The fraction of sp³-hybridized carbons (Fsp3) is 0.571. The lowest BCUT2D eigenvalue weighted by Crippen LogP contribution is -1.68. The van der Waals surface area contributed by atoms with E-state index in [0.717, 1.165) is 11.4 Å². The fourth-order valence-electron chi connectivity index (χ4n) is 0.495. The number of hydrogen-bond acceptors (Lipinski definition) is 3. The number of aliphatic imine (C=N–C) groups is 1. The Labute approximate surface area is 70.8 Å². The van der Waals surface area contributed by atoms with E-state index in [1.807, 2.05) is 13.1 Å². The average molecular weight is 175 g/mol. The van der Waals surface area contributed by atoms with Crippen molar-refractivity contribution in [2.75, 3.05) is 6.26 Å². The number of hydrogen-bond donors (Lipinski definition) is 0. The van der Waals surface area contributed by atoms with Gasteiger partial charge in [0.2, 0.25) is 0 Å². The molecule has 0 aliphatic carbocycles. The summed E-state index contributed by atoms with van der Waals surface area (Å²) in [4.78, 5) is 4.18. The van der Waals surface area contributed by atoms with Gasteiger partial charge in [0.1, 0.15) is 5.03 Å². The van der Waals surface area contributed by atoms with Crippen LogP contribution in [0.3, 0.4) is 0 Å². The largest absolute Gasteiger partial charge is 0.254 e. The minimum Gasteiger partial charge on any atom is -0.254 e. The number of nitrogens with zero attached hydrogens (tertiary/aromatic N) is 1. The van der Waals surface area contributed by atoms with E-state index in [9.17, 15) is 0 Å². The zero-order chi connectivity index (χ0) is 7.82. The van der Waals surface area contributed by atoms with Crippen LogP contribution in [0, 0.1) is 0 Å². The van der Waals surface area contributed by atoms with Gasteiger partial charge in [0.15, 0.2) is 0 Å². The molecule has 0 rings (SSSR count). The minimum atomic E-state index is 1.06. The van der Waals surface area contributed by atoms with Crippen molar-refractivity contribution in [3.63, 3.8) is 0 Å². The first-order valence-corrected chi connectivity index (χ1v) is 5.80. The van der Waals surface area contributed by atoms with Gasteiger partial charge in [0.05, 0.1) is 0 Å². The molecule has 3 heteroatoms. The highest BCUT2D eigenvalue weighted by molar-refractivity contribution is 8.77. The third-order valence-corrected chi connectivity index (χ3v) is 2.43. The summed E-state index contributed by atoms with van der Waals surface area (Å²) in [5.74, 6) is 0. The van der Waals surface area contributed by atoms with Crippen molar-refractivity contribution in [2.45, 2.75) is 20.3 Å². The molecule has 0 spiro atoms. The van der Waals surface area contributed by atoms with Crippen LogP contribution in [0.15, 0.2) is 16.1 Å². The van der Waals surface area contributed by atoms with Crippen molar-refractivity contribution in [1.82, 2.24) is 0 Å². The van der Waals surface area contributed by atoms with Gasteiger partial charge in [-0.25, -0.2) is 0 Å². The highest BCUT2D eigenvalue weighted by atomic mass is 33.1. The SMILES string of the molecule is C/C=N\C(=C/CC)SSC. The predicted octanol–water partition coefficient (Wildman–Crippen LogP) is 3.34. The maximum atomic E-state index is 4.18. The third kappa shape index (κ3) is 4.94. The third-order valence-electron chi connectivity index (χ3n) is 0.804. The zero-order valence-electron chi connectivity index (χ0n) is 6.63. The van der Waals surface area contributed by atoms with Crippen LogP contribution in [0.25, 0.3) is 0 Å². The fourth-order valence-corrected chi connectivity index (χ4v) is 1.89. The molecule has 0 fully saturated rings. The van der Waals surface area contributed by atoms with Gasteiger partial charge in [-0.15, -0.1) is 0 Å². The second-order valence-electron chi connectivity index (χ2n) is 1.59. The molecule has 0 amide bonds. The highest BCUT2D eigenvalue weighted by Crippen LogP contribution is 2.28. The second kappa shape index (κ2) is 7.22. The molecule has 0 saturated carbocycles. The Hall–Kier alpha value is 0.110. The van der Waals surface area contributed by atoms with Gasteiger partial charge >= 0.3 is 0 Å². The molecular formula is C7H13NS2. The molecule has 1 nitrogen and oxygen atoms in total. The normalized spacial score (nSPS) is 12.9. The van der Waals surface area contributed by atoms with Crippen LogP contribution in [0.5, 0.6) is 0 Å². The number of allylic oxidation sites excluding steroid dienone is 1. The first-order chi connectivity index (χ1) is 4.85. The monoisotopic (exact) mass is 175 g/mol. The molecule has 0 radical (unpaired) electrons. The topological polar surface area (TPSA) is 12.4 Å². The van der Waals surface area contributed by atoms with E-state index in [2.05, 4.69) is 24.2 Å². The van der Waals surface area contributed by atoms with E-state index in [-0.39, 0.29) is 0 Å². The second-order valence-corrected chi connectivity index (χ2v) is 4.01. The van der Waals surface area contributed by atoms with Crippen LogP contribution in [-0.2, 0) is 0 Å². The molecule has 0 N–H and O–H groups in total. The zero-order valence-corrected chi connectivity index (χ0v) is 8.26. The minimum absolute atomic E-state index is 1.06. The molecule has 0 aromatic heterocycles. The molecule has 0 bridgehead atoms. The first-order valence-electron chi connectivity index (χ1n) is 3.24. The lowest BCUT2D eigenvalue weighted by molar-refractivity contribution is 1.21. The molecule has 0 aromatic carbocycles. The highest BCUT2D eigenvalue weighted by Gasteiger charge is 1.89. The summed E-state index contributed by atoms with van der Waals surface area (Å²) in [5, 5.41) is 1.11. The van der Waals surface area contributed by atoms with Gasteiger partial charge < -0.3 is 0 Å². The molecule has 0 unspecified atom stereocenters. The van der Waals surface area contributed by atoms with E-state index >= 15 is 0 Å². The summed E-state index contributed by atoms with van der Waals surface area (Å²) in [6.45, 7) is 4.05.